The SMILES string of the molecule is Cc1cccc(CC(O)(c2ccccc2C)C2CN3CCC2CC3)c1. The lowest BCUT2D eigenvalue weighted by Crippen LogP contribution is -2.56. The highest BCUT2D eigenvalue weighted by atomic mass is 16.3. The normalized spacial score (nSPS) is 27.9. The van der Waals surface area contributed by atoms with Crippen molar-refractivity contribution < 1.29 is 5.11 Å². The lowest BCUT2D eigenvalue weighted by molar-refractivity contribution is -0.102. The van der Waals surface area contributed by atoms with E-state index in [1.54, 1.807) is 0 Å². The van der Waals surface area contributed by atoms with E-state index in [0.717, 1.165) is 12.1 Å². The highest BCUT2D eigenvalue weighted by Gasteiger charge is 2.47. The van der Waals surface area contributed by atoms with Gasteiger partial charge in [-0.05, 0) is 62.4 Å². The third-order valence-corrected chi connectivity index (χ3v) is 6.44. The molecule has 3 fully saturated rings. The predicted molar refractivity (Wildman–Crippen MR) is 103 cm³/mol. The molecule has 0 saturated carbocycles. The van der Waals surface area contributed by atoms with Crippen molar-refractivity contribution in [2.24, 2.45) is 11.8 Å². The van der Waals surface area contributed by atoms with Crippen LogP contribution in [0.5, 0.6) is 0 Å². The fourth-order valence-electron chi connectivity index (χ4n) is 5.12. The Morgan fingerprint density at radius 2 is 1.80 bits per heavy atom. The van der Waals surface area contributed by atoms with Crippen molar-refractivity contribution in [1.82, 2.24) is 4.90 Å². The number of aryl methyl sites for hydroxylation is 2. The van der Waals surface area contributed by atoms with Crippen LogP contribution in [0.3, 0.4) is 0 Å². The number of hydrogen-bond acceptors (Lipinski definition) is 2. The first-order chi connectivity index (χ1) is 12.1. The van der Waals surface area contributed by atoms with E-state index in [1.165, 1.54) is 42.6 Å². The van der Waals surface area contributed by atoms with Crippen molar-refractivity contribution in [3.63, 3.8) is 0 Å². The number of piperidine rings is 3. The zero-order chi connectivity index (χ0) is 17.4. The number of aliphatic hydroxyl groups is 1. The number of benzene rings is 2. The monoisotopic (exact) mass is 335 g/mol. The van der Waals surface area contributed by atoms with Gasteiger partial charge in [0.15, 0.2) is 0 Å². The van der Waals surface area contributed by atoms with Crippen molar-refractivity contribution >= 4 is 0 Å². The Hall–Kier alpha value is -1.64. The van der Waals surface area contributed by atoms with Crippen molar-refractivity contribution in [3.05, 3.63) is 70.8 Å². The first-order valence-corrected chi connectivity index (χ1v) is 9.62. The topological polar surface area (TPSA) is 23.5 Å². The molecule has 0 radical (unpaired) electrons. The zero-order valence-corrected chi connectivity index (χ0v) is 15.4. The highest BCUT2D eigenvalue weighted by Crippen LogP contribution is 2.45. The van der Waals surface area contributed by atoms with E-state index in [2.05, 4.69) is 67.3 Å². The Balaban J connectivity index is 1.76. The Bertz CT molecular complexity index is 747. The molecule has 0 aliphatic carbocycles. The first-order valence-electron chi connectivity index (χ1n) is 9.62. The molecule has 2 bridgehead atoms. The van der Waals surface area contributed by atoms with Crippen LogP contribution in [0.2, 0.25) is 0 Å². The third kappa shape index (κ3) is 3.14. The molecule has 2 aromatic carbocycles. The molecule has 3 aliphatic rings. The molecule has 25 heavy (non-hydrogen) atoms. The van der Waals surface area contributed by atoms with Crippen molar-refractivity contribution in [2.45, 2.75) is 38.7 Å². The van der Waals surface area contributed by atoms with Gasteiger partial charge in [-0.15, -0.1) is 0 Å². The van der Waals surface area contributed by atoms with Crippen LogP contribution in [-0.4, -0.2) is 29.6 Å². The molecule has 0 spiro atoms. The molecule has 2 atom stereocenters. The van der Waals surface area contributed by atoms with Gasteiger partial charge in [0, 0.05) is 18.9 Å². The lowest BCUT2D eigenvalue weighted by atomic mass is 9.65. The minimum Gasteiger partial charge on any atom is -0.384 e. The fraction of sp³-hybridized carbons (Fsp3) is 0.478. The van der Waals surface area contributed by atoms with Crippen LogP contribution in [0, 0.1) is 25.7 Å². The summed E-state index contributed by atoms with van der Waals surface area (Å²) in [5.74, 6) is 0.955. The highest BCUT2D eigenvalue weighted by molar-refractivity contribution is 5.35. The molecule has 5 rings (SSSR count). The summed E-state index contributed by atoms with van der Waals surface area (Å²) in [6.45, 7) is 7.70. The number of nitrogens with zero attached hydrogens (tertiary/aromatic N) is 1. The molecule has 2 nitrogen and oxygen atoms in total. The van der Waals surface area contributed by atoms with E-state index in [4.69, 9.17) is 0 Å². The average molecular weight is 335 g/mol. The summed E-state index contributed by atoms with van der Waals surface area (Å²) in [6, 6.07) is 17.1. The maximum absolute atomic E-state index is 12.1. The van der Waals surface area contributed by atoms with Crippen LogP contribution in [0.15, 0.2) is 48.5 Å². The van der Waals surface area contributed by atoms with E-state index in [1.807, 2.05) is 0 Å². The van der Waals surface area contributed by atoms with Gasteiger partial charge >= 0.3 is 0 Å². The molecule has 132 valence electrons. The van der Waals surface area contributed by atoms with E-state index in [9.17, 15) is 5.11 Å². The summed E-state index contributed by atoms with van der Waals surface area (Å²) in [4.78, 5) is 2.55. The van der Waals surface area contributed by atoms with Gasteiger partial charge < -0.3 is 10.0 Å². The molecule has 0 amide bonds. The van der Waals surface area contributed by atoms with Gasteiger partial charge in [0.1, 0.15) is 0 Å². The molecular formula is C23H29NO. The van der Waals surface area contributed by atoms with E-state index < -0.39 is 5.60 Å². The second-order valence-corrected chi connectivity index (χ2v) is 8.15. The lowest BCUT2D eigenvalue weighted by Gasteiger charge is -2.51. The van der Waals surface area contributed by atoms with Gasteiger partial charge in [-0.25, -0.2) is 0 Å². The molecular weight excluding hydrogens is 306 g/mol. The fourth-order valence-corrected chi connectivity index (χ4v) is 5.12. The van der Waals surface area contributed by atoms with Crippen LogP contribution < -0.4 is 0 Å². The number of rotatable bonds is 4. The molecule has 2 heteroatoms. The summed E-state index contributed by atoms with van der Waals surface area (Å²) in [5.41, 5.74) is 4.04. The number of fused-ring (bicyclic) bond motifs is 3. The first kappa shape index (κ1) is 16.8. The van der Waals surface area contributed by atoms with E-state index >= 15 is 0 Å². The molecule has 0 aromatic heterocycles. The maximum atomic E-state index is 12.1. The molecule has 1 N–H and O–H groups in total. The van der Waals surface area contributed by atoms with Gasteiger partial charge in [0.25, 0.3) is 0 Å². The average Bonchev–Trinajstić information content (AvgIpc) is 2.63. The summed E-state index contributed by atoms with van der Waals surface area (Å²) in [5, 5.41) is 12.1. The molecule has 3 saturated heterocycles. The van der Waals surface area contributed by atoms with Crippen molar-refractivity contribution in [2.75, 3.05) is 19.6 Å². The van der Waals surface area contributed by atoms with Gasteiger partial charge in [-0.2, -0.15) is 0 Å². The Morgan fingerprint density at radius 3 is 2.44 bits per heavy atom. The Morgan fingerprint density at radius 1 is 1.04 bits per heavy atom. The quantitative estimate of drug-likeness (QED) is 0.910. The van der Waals surface area contributed by atoms with Crippen molar-refractivity contribution in [1.29, 1.82) is 0 Å². The van der Waals surface area contributed by atoms with Crippen LogP contribution in [0.1, 0.15) is 35.1 Å². The van der Waals surface area contributed by atoms with Crippen LogP contribution in [0.25, 0.3) is 0 Å². The standard InChI is InChI=1S/C23H29NO/c1-17-6-5-8-19(14-17)15-23(25,21-9-4-3-7-18(21)2)22-16-24-12-10-20(22)11-13-24/h3-9,14,20,22,25H,10-13,15-16H2,1-2H3. The third-order valence-electron chi connectivity index (χ3n) is 6.44. The second kappa shape index (κ2) is 6.59. The van der Waals surface area contributed by atoms with Crippen LogP contribution in [0.4, 0.5) is 0 Å². The van der Waals surface area contributed by atoms with Crippen LogP contribution >= 0.6 is 0 Å². The summed E-state index contributed by atoms with van der Waals surface area (Å²) < 4.78 is 0. The molecule has 2 unspecified atom stereocenters. The molecule has 2 aromatic rings. The minimum absolute atomic E-state index is 0.316. The zero-order valence-electron chi connectivity index (χ0n) is 15.4. The van der Waals surface area contributed by atoms with Gasteiger partial charge in [0.2, 0.25) is 0 Å². The van der Waals surface area contributed by atoms with Gasteiger partial charge in [-0.1, -0.05) is 54.1 Å². The van der Waals surface area contributed by atoms with E-state index in [-0.39, 0.29) is 0 Å². The largest absolute Gasteiger partial charge is 0.384 e. The Labute approximate surface area is 151 Å². The van der Waals surface area contributed by atoms with Gasteiger partial charge in [-0.3, -0.25) is 0 Å². The van der Waals surface area contributed by atoms with Crippen molar-refractivity contribution in [3.8, 4) is 0 Å². The van der Waals surface area contributed by atoms with Gasteiger partial charge in [0.05, 0.1) is 5.60 Å². The molecule has 3 heterocycles. The minimum atomic E-state index is -0.789. The second-order valence-electron chi connectivity index (χ2n) is 8.15. The molecule has 3 aliphatic heterocycles. The maximum Gasteiger partial charge on any atom is 0.0982 e. The smallest absolute Gasteiger partial charge is 0.0982 e. The summed E-state index contributed by atoms with van der Waals surface area (Å²) in [7, 11) is 0. The van der Waals surface area contributed by atoms with E-state index in [0.29, 0.717) is 18.3 Å². The number of hydrogen-bond donors (Lipinski definition) is 1. The van der Waals surface area contributed by atoms with Crippen LogP contribution in [-0.2, 0) is 12.0 Å². The predicted octanol–water partition coefficient (Wildman–Crippen LogP) is 4.08. The Kier molecular flexibility index (Phi) is 4.43. The summed E-state index contributed by atoms with van der Waals surface area (Å²) in [6.07, 6.45) is 3.16. The summed E-state index contributed by atoms with van der Waals surface area (Å²) >= 11 is 0.